The number of rotatable bonds is 6. The van der Waals surface area contributed by atoms with Gasteiger partial charge in [0.1, 0.15) is 11.4 Å². The number of likely N-dealkylation sites (tertiary alicyclic amines) is 1. The average molecular weight is 662 g/mol. The number of carbonyl (C=O) groups is 3. The molecule has 0 bridgehead atoms. The molecule has 2 heterocycles. The summed E-state index contributed by atoms with van der Waals surface area (Å²) in [7, 11) is 0. The maximum Gasteiger partial charge on any atom is 0.328 e. The molecule has 4 N–H and O–H groups in total. The van der Waals surface area contributed by atoms with E-state index < -0.39 is 40.9 Å². The Hall–Kier alpha value is -2.97. The zero-order valence-electron chi connectivity index (χ0n) is 20.1. The number of carbonyl (C=O) groups excluding carboxylic acids is 1. The zero-order chi connectivity index (χ0) is 28.0. The van der Waals surface area contributed by atoms with E-state index in [0.717, 1.165) is 31.9 Å². The van der Waals surface area contributed by atoms with Gasteiger partial charge in [-0.05, 0) is 71.8 Å². The van der Waals surface area contributed by atoms with E-state index in [2.05, 4.69) is 5.32 Å². The van der Waals surface area contributed by atoms with Crippen molar-refractivity contribution >= 4 is 40.4 Å². The van der Waals surface area contributed by atoms with Crippen molar-refractivity contribution in [3.05, 3.63) is 80.2 Å². The normalized spacial score (nSPS) is 17.9. The Morgan fingerprint density at radius 1 is 1.03 bits per heavy atom. The van der Waals surface area contributed by atoms with E-state index in [0.29, 0.717) is 15.7 Å². The van der Waals surface area contributed by atoms with E-state index in [9.17, 15) is 32.7 Å². The lowest BCUT2D eigenvalue weighted by molar-refractivity contribution is -0.134. The van der Waals surface area contributed by atoms with E-state index in [4.69, 9.17) is 10.2 Å². The van der Waals surface area contributed by atoms with Crippen LogP contribution in [0.1, 0.15) is 48.2 Å². The number of halogens is 4. The molecule has 1 amide bonds. The molecule has 39 heavy (non-hydrogen) atoms. The van der Waals surface area contributed by atoms with Gasteiger partial charge in [-0.25, -0.2) is 22.8 Å². The highest BCUT2D eigenvalue weighted by molar-refractivity contribution is 14.1. The van der Waals surface area contributed by atoms with E-state index >= 15 is 0 Å². The molecule has 0 saturated carbocycles. The molecule has 212 valence electrons. The summed E-state index contributed by atoms with van der Waals surface area (Å²) in [6.07, 6.45) is 3.78. The van der Waals surface area contributed by atoms with Gasteiger partial charge in [0.2, 0.25) is 0 Å². The van der Waals surface area contributed by atoms with Crippen LogP contribution < -0.4 is 5.32 Å². The summed E-state index contributed by atoms with van der Waals surface area (Å²) in [4.78, 5) is 33.6. The molecule has 4 rings (SSSR count). The minimum Gasteiger partial charge on any atom is -0.478 e. The van der Waals surface area contributed by atoms with Gasteiger partial charge in [-0.1, -0.05) is 19.9 Å². The lowest BCUT2D eigenvalue weighted by atomic mass is 9.81. The van der Waals surface area contributed by atoms with Crippen LogP contribution in [0.5, 0.6) is 0 Å². The third-order valence-corrected chi connectivity index (χ3v) is 7.02. The zero-order valence-corrected chi connectivity index (χ0v) is 22.3. The molecule has 0 spiro atoms. The average Bonchev–Trinajstić information content (AvgIpc) is 2.85. The smallest absolute Gasteiger partial charge is 0.328 e. The molecule has 2 saturated heterocycles. The van der Waals surface area contributed by atoms with Gasteiger partial charge >= 0.3 is 11.9 Å². The van der Waals surface area contributed by atoms with E-state index in [-0.39, 0.29) is 49.7 Å². The van der Waals surface area contributed by atoms with Gasteiger partial charge in [0, 0.05) is 39.3 Å². The lowest BCUT2D eigenvalue weighted by Gasteiger charge is -2.51. The topological polar surface area (TPSA) is 127 Å². The van der Waals surface area contributed by atoms with Crippen LogP contribution in [-0.2, 0) is 16.0 Å². The van der Waals surface area contributed by atoms with Gasteiger partial charge < -0.3 is 25.5 Å². The van der Waals surface area contributed by atoms with Crippen molar-refractivity contribution in [2.75, 3.05) is 19.6 Å². The summed E-state index contributed by atoms with van der Waals surface area (Å²) >= 11 is 1.96. The maximum atomic E-state index is 14.6. The van der Waals surface area contributed by atoms with Gasteiger partial charge in [0.15, 0.2) is 11.6 Å². The third kappa shape index (κ3) is 8.26. The number of hydrogen-bond donors (Lipinski definition) is 4. The largest absolute Gasteiger partial charge is 0.478 e. The lowest BCUT2D eigenvalue weighted by Crippen LogP contribution is -2.72. The minimum absolute atomic E-state index is 0. The van der Waals surface area contributed by atoms with Gasteiger partial charge in [0.05, 0.1) is 13.1 Å². The Labute approximate surface area is 237 Å². The fourth-order valence-electron chi connectivity index (χ4n) is 4.42. The maximum absolute atomic E-state index is 14.6. The molecule has 2 fully saturated rings. The summed E-state index contributed by atoms with van der Waals surface area (Å²) in [6, 6.07) is 6.54. The van der Waals surface area contributed by atoms with Crippen LogP contribution in [-0.4, -0.2) is 69.3 Å². The quantitative estimate of drug-likeness (QED) is 0.273. The first-order valence-corrected chi connectivity index (χ1v) is 12.8. The van der Waals surface area contributed by atoms with Crippen molar-refractivity contribution < 1.29 is 42.9 Å². The number of hydrogen-bond acceptors (Lipinski definition) is 5. The molecule has 2 aromatic carbocycles. The molecule has 2 aromatic rings. The van der Waals surface area contributed by atoms with Gasteiger partial charge in [-0.15, -0.1) is 0 Å². The molecule has 2 aliphatic heterocycles. The number of nitrogens with one attached hydrogen (secondary N) is 1. The number of aliphatic carboxylic acids is 2. The number of carboxylic acid groups (broad SMARTS) is 2. The minimum atomic E-state index is -1.26. The Morgan fingerprint density at radius 3 is 2.21 bits per heavy atom. The first kappa shape index (κ1) is 32.2. The molecular formula is C27H30F3IN2O6. The number of carboxylic acids is 2. The third-order valence-electron chi connectivity index (χ3n) is 6.35. The van der Waals surface area contributed by atoms with E-state index in [1.165, 1.54) is 23.1 Å². The van der Waals surface area contributed by atoms with Gasteiger partial charge in [-0.3, -0.25) is 4.79 Å². The summed E-state index contributed by atoms with van der Waals surface area (Å²) in [5.74, 6) is -5.77. The first-order chi connectivity index (χ1) is 17.9. The molecule has 0 aromatic heterocycles. The van der Waals surface area contributed by atoms with Crippen molar-refractivity contribution in [3.8, 4) is 0 Å². The second-order valence-electron chi connectivity index (χ2n) is 9.08. The number of β-amino-alcohol motifs (C(OH)–C–C–N with tert-alkyl or cyclic N) is 1. The second-order valence-corrected chi connectivity index (χ2v) is 10.3. The Kier molecular flexibility index (Phi) is 11.5. The number of benzene rings is 2. The summed E-state index contributed by atoms with van der Waals surface area (Å²) < 4.78 is 43.5. The highest BCUT2D eigenvalue weighted by Gasteiger charge is 2.49. The van der Waals surface area contributed by atoms with E-state index in [1.54, 1.807) is 6.07 Å². The second kappa shape index (κ2) is 13.9. The van der Waals surface area contributed by atoms with Crippen molar-refractivity contribution in [1.82, 2.24) is 10.2 Å². The van der Waals surface area contributed by atoms with Crippen LogP contribution in [0.4, 0.5) is 13.2 Å². The molecule has 8 nitrogen and oxygen atoms in total. The molecule has 12 heteroatoms. The standard InChI is InChI=1S/C22H22F3IN2O2.C4H4O4.CH4/c23-17-7-6-15(16(20(17)25)9-13-4-5-14(26)10-18(13)24)21(29)28-11-22(30,12-28)19-3-1-2-8-27-19;5-3(6)1-2-4(7)8;/h4-7,10,19,27,30H,1-3,8-9,11-12H2;1-2H,(H,5,6)(H,7,8);1H4/b;2-1+;/t19-;;/m0../s1. The Bertz CT molecular complexity index is 1230. The molecule has 1 atom stereocenters. The van der Waals surface area contributed by atoms with Crippen molar-refractivity contribution in [2.24, 2.45) is 0 Å². The molecule has 0 aliphatic carbocycles. The Balaban J connectivity index is 0.000000519. The van der Waals surface area contributed by atoms with Crippen LogP contribution >= 0.6 is 22.6 Å². The molecule has 2 aliphatic rings. The van der Waals surface area contributed by atoms with Crippen molar-refractivity contribution in [3.63, 3.8) is 0 Å². The monoisotopic (exact) mass is 662 g/mol. The predicted molar refractivity (Wildman–Crippen MR) is 146 cm³/mol. The van der Waals surface area contributed by atoms with Gasteiger partial charge in [-0.2, -0.15) is 0 Å². The number of aliphatic hydroxyl groups is 1. The van der Waals surface area contributed by atoms with Crippen LogP contribution in [0, 0.1) is 21.0 Å². The van der Waals surface area contributed by atoms with Crippen LogP contribution in [0.3, 0.4) is 0 Å². The predicted octanol–water partition coefficient (Wildman–Crippen LogP) is 3.98. The number of nitrogens with zero attached hydrogens (tertiary/aromatic N) is 1. The summed E-state index contributed by atoms with van der Waals surface area (Å²) in [5.41, 5.74) is -1.02. The van der Waals surface area contributed by atoms with Crippen molar-refractivity contribution in [2.45, 2.75) is 44.8 Å². The SMILES string of the molecule is C.O=C(O)/C=C/C(=O)O.O=C(c1ccc(F)c(F)c1Cc1ccc(I)cc1F)N1CC(O)([C@@H]2CCCCN2)C1. The van der Waals surface area contributed by atoms with E-state index in [1.807, 2.05) is 22.6 Å². The molecular weight excluding hydrogens is 632 g/mol. The first-order valence-electron chi connectivity index (χ1n) is 11.7. The summed E-state index contributed by atoms with van der Waals surface area (Å²) in [5, 5.41) is 29.7. The number of piperidine rings is 1. The molecule has 0 unspecified atom stereocenters. The molecule has 0 radical (unpaired) electrons. The fraction of sp³-hybridized carbons (Fsp3) is 0.370. The fourth-order valence-corrected chi connectivity index (χ4v) is 4.88. The van der Waals surface area contributed by atoms with Crippen LogP contribution in [0.25, 0.3) is 0 Å². The highest BCUT2D eigenvalue weighted by Crippen LogP contribution is 2.32. The Morgan fingerprint density at radius 2 is 1.67 bits per heavy atom. The van der Waals surface area contributed by atoms with Gasteiger partial charge in [0.25, 0.3) is 5.91 Å². The number of amides is 1. The highest BCUT2D eigenvalue weighted by atomic mass is 127. The van der Waals surface area contributed by atoms with Crippen LogP contribution in [0.15, 0.2) is 42.5 Å². The van der Waals surface area contributed by atoms with Crippen LogP contribution in [0.2, 0.25) is 0 Å². The summed E-state index contributed by atoms with van der Waals surface area (Å²) in [6.45, 7) is 1.08. The van der Waals surface area contributed by atoms with Crippen molar-refractivity contribution in [1.29, 1.82) is 0 Å².